The SMILES string of the molecule is COc1ncccc1-c1cc(-n2cnc3cc(C(C)(C)O)ccc32)ccn1. The van der Waals surface area contributed by atoms with Crippen LogP contribution in [-0.4, -0.2) is 31.7 Å². The molecule has 3 heterocycles. The number of methoxy groups -OCH3 is 1. The molecular formula is C21H20N4O2. The summed E-state index contributed by atoms with van der Waals surface area (Å²) < 4.78 is 7.35. The molecule has 0 aliphatic rings. The van der Waals surface area contributed by atoms with Gasteiger partial charge in [0.05, 0.1) is 40.7 Å². The average Bonchev–Trinajstić information content (AvgIpc) is 3.10. The fourth-order valence-electron chi connectivity index (χ4n) is 3.06. The number of pyridine rings is 2. The fourth-order valence-corrected chi connectivity index (χ4v) is 3.06. The summed E-state index contributed by atoms with van der Waals surface area (Å²) in [4.78, 5) is 13.2. The number of nitrogens with zero attached hydrogens (tertiary/aromatic N) is 4. The molecule has 6 nitrogen and oxygen atoms in total. The number of hydrogen-bond acceptors (Lipinski definition) is 5. The largest absolute Gasteiger partial charge is 0.481 e. The third-order valence-electron chi connectivity index (χ3n) is 4.52. The smallest absolute Gasteiger partial charge is 0.222 e. The zero-order valence-electron chi connectivity index (χ0n) is 15.4. The first kappa shape index (κ1) is 17.2. The third kappa shape index (κ3) is 3.15. The van der Waals surface area contributed by atoms with Crippen molar-refractivity contribution in [2.24, 2.45) is 0 Å². The van der Waals surface area contributed by atoms with E-state index in [-0.39, 0.29) is 0 Å². The topological polar surface area (TPSA) is 73.1 Å². The van der Waals surface area contributed by atoms with Crippen LogP contribution in [0.1, 0.15) is 19.4 Å². The van der Waals surface area contributed by atoms with Gasteiger partial charge in [-0.25, -0.2) is 9.97 Å². The van der Waals surface area contributed by atoms with Crippen LogP contribution in [0.3, 0.4) is 0 Å². The van der Waals surface area contributed by atoms with E-state index in [9.17, 15) is 5.11 Å². The van der Waals surface area contributed by atoms with Crippen molar-refractivity contribution in [2.75, 3.05) is 7.11 Å². The highest BCUT2D eigenvalue weighted by Gasteiger charge is 2.17. The summed E-state index contributed by atoms with van der Waals surface area (Å²) >= 11 is 0. The summed E-state index contributed by atoms with van der Waals surface area (Å²) in [6.45, 7) is 3.53. The van der Waals surface area contributed by atoms with Gasteiger partial charge in [-0.15, -0.1) is 0 Å². The van der Waals surface area contributed by atoms with Gasteiger partial charge < -0.3 is 9.84 Å². The van der Waals surface area contributed by atoms with Gasteiger partial charge in [0.1, 0.15) is 6.33 Å². The van der Waals surface area contributed by atoms with Crippen LogP contribution >= 0.6 is 0 Å². The van der Waals surface area contributed by atoms with E-state index in [1.54, 1.807) is 39.7 Å². The lowest BCUT2D eigenvalue weighted by atomic mass is 9.98. The van der Waals surface area contributed by atoms with Crippen LogP contribution in [0, 0.1) is 0 Å². The summed E-state index contributed by atoms with van der Waals surface area (Å²) in [7, 11) is 1.60. The lowest BCUT2D eigenvalue weighted by Gasteiger charge is -2.17. The van der Waals surface area contributed by atoms with Gasteiger partial charge >= 0.3 is 0 Å². The van der Waals surface area contributed by atoms with Crippen LogP contribution in [0.5, 0.6) is 5.88 Å². The molecule has 136 valence electrons. The third-order valence-corrected chi connectivity index (χ3v) is 4.52. The van der Waals surface area contributed by atoms with Gasteiger partial charge in [0.2, 0.25) is 5.88 Å². The summed E-state index contributed by atoms with van der Waals surface area (Å²) in [5.74, 6) is 0.535. The van der Waals surface area contributed by atoms with Crippen LogP contribution in [-0.2, 0) is 5.60 Å². The summed E-state index contributed by atoms with van der Waals surface area (Å²) in [6.07, 6.45) is 5.22. The van der Waals surface area contributed by atoms with Crippen molar-refractivity contribution in [3.05, 3.63) is 66.7 Å². The molecule has 0 aliphatic carbocycles. The maximum absolute atomic E-state index is 10.2. The Morgan fingerprint density at radius 3 is 2.63 bits per heavy atom. The molecule has 3 aromatic heterocycles. The Balaban J connectivity index is 1.81. The van der Waals surface area contributed by atoms with Gasteiger partial charge in [-0.1, -0.05) is 6.07 Å². The minimum Gasteiger partial charge on any atom is -0.481 e. The number of hydrogen-bond donors (Lipinski definition) is 1. The van der Waals surface area contributed by atoms with E-state index in [1.807, 2.05) is 47.0 Å². The van der Waals surface area contributed by atoms with Gasteiger partial charge in [-0.3, -0.25) is 9.55 Å². The van der Waals surface area contributed by atoms with E-state index in [2.05, 4.69) is 15.0 Å². The molecule has 0 fully saturated rings. The van der Waals surface area contributed by atoms with Crippen LogP contribution in [0.25, 0.3) is 28.0 Å². The molecule has 0 saturated heterocycles. The lowest BCUT2D eigenvalue weighted by Crippen LogP contribution is -2.15. The van der Waals surface area contributed by atoms with Gasteiger partial charge in [0, 0.05) is 12.4 Å². The molecule has 1 N–H and O–H groups in total. The Morgan fingerprint density at radius 2 is 1.85 bits per heavy atom. The molecule has 0 saturated carbocycles. The van der Waals surface area contributed by atoms with Crippen LogP contribution in [0.15, 0.2) is 61.2 Å². The molecule has 0 spiro atoms. The van der Waals surface area contributed by atoms with E-state index in [0.717, 1.165) is 33.5 Å². The van der Waals surface area contributed by atoms with Crippen molar-refractivity contribution in [3.63, 3.8) is 0 Å². The minimum atomic E-state index is -0.904. The van der Waals surface area contributed by atoms with Crippen molar-refractivity contribution in [1.29, 1.82) is 0 Å². The molecule has 4 rings (SSSR count). The fraction of sp³-hybridized carbons (Fsp3) is 0.190. The Hall–Kier alpha value is -3.25. The van der Waals surface area contributed by atoms with Crippen LogP contribution < -0.4 is 4.74 Å². The standard InChI is InChI=1S/C21H20N4O2/c1-21(2,26)14-6-7-19-18(11-14)24-13-25(19)15-8-10-22-17(12-15)16-5-4-9-23-20(16)27-3/h4-13,26H,1-3H3. The van der Waals surface area contributed by atoms with E-state index < -0.39 is 5.60 Å². The monoisotopic (exact) mass is 360 g/mol. The second kappa shape index (κ2) is 6.48. The normalized spacial score (nSPS) is 11.7. The number of fused-ring (bicyclic) bond motifs is 1. The second-order valence-electron chi connectivity index (χ2n) is 6.84. The number of aliphatic hydroxyl groups is 1. The van der Waals surface area contributed by atoms with Crippen molar-refractivity contribution in [3.8, 4) is 22.8 Å². The van der Waals surface area contributed by atoms with E-state index in [4.69, 9.17) is 4.74 Å². The first-order valence-corrected chi connectivity index (χ1v) is 8.63. The maximum Gasteiger partial charge on any atom is 0.222 e. The zero-order valence-corrected chi connectivity index (χ0v) is 15.4. The van der Waals surface area contributed by atoms with Gasteiger partial charge in [0.25, 0.3) is 0 Å². The Kier molecular flexibility index (Phi) is 4.12. The summed E-state index contributed by atoms with van der Waals surface area (Å²) in [6, 6.07) is 13.5. The van der Waals surface area contributed by atoms with Crippen molar-refractivity contribution < 1.29 is 9.84 Å². The number of imidazole rings is 1. The Labute approximate surface area is 157 Å². The second-order valence-corrected chi connectivity index (χ2v) is 6.84. The highest BCUT2D eigenvalue weighted by molar-refractivity contribution is 5.79. The van der Waals surface area contributed by atoms with Gasteiger partial charge in [0.15, 0.2) is 0 Å². The van der Waals surface area contributed by atoms with Crippen LogP contribution in [0.2, 0.25) is 0 Å². The predicted molar refractivity (Wildman–Crippen MR) is 104 cm³/mol. The zero-order chi connectivity index (χ0) is 19.0. The van der Waals surface area contributed by atoms with Crippen molar-refractivity contribution >= 4 is 11.0 Å². The van der Waals surface area contributed by atoms with Crippen molar-refractivity contribution in [1.82, 2.24) is 19.5 Å². The maximum atomic E-state index is 10.2. The van der Waals surface area contributed by atoms with Gasteiger partial charge in [-0.2, -0.15) is 0 Å². The molecular weight excluding hydrogens is 340 g/mol. The number of benzene rings is 1. The Bertz CT molecular complexity index is 1110. The van der Waals surface area contributed by atoms with E-state index >= 15 is 0 Å². The molecule has 1 aromatic carbocycles. The number of aromatic nitrogens is 4. The number of rotatable bonds is 4. The molecule has 6 heteroatoms. The Morgan fingerprint density at radius 1 is 1.00 bits per heavy atom. The highest BCUT2D eigenvalue weighted by atomic mass is 16.5. The molecule has 0 aliphatic heterocycles. The molecule has 27 heavy (non-hydrogen) atoms. The lowest BCUT2D eigenvalue weighted by molar-refractivity contribution is 0.0787. The van der Waals surface area contributed by atoms with E-state index in [0.29, 0.717) is 5.88 Å². The first-order valence-electron chi connectivity index (χ1n) is 8.63. The summed E-state index contributed by atoms with van der Waals surface area (Å²) in [5, 5.41) is 10.2. The van der Waals surface area contributed by atoms with E-state index in [1.165, 1.54) is 0 Å². The molecule has 0 bridgehead atoms. The average molecular weight is 360 g/mol. The molecule has 4 aromatic rings. The quantitative estimate of drug-likeness (QED) is 0.600. The van der Waals surface area contributed by atoms with Crippen molar-refractivity contribution in [2.45, 2.75) is 19.4 Å². The molecule has 0 amide bonds. The molecule has 0 unspecified atom stereocenters. The van der Waals surface area contributed by atoms with Gasteiger partial charge in [-0.05, 0) is 55.8 Å². The summed E-state index contributed by atoms with van der Waals surface area (Å²) in [5.41, 5.74) is 4.24. The highest BCUT2D eigenvalue weighted by Crippen LogP contribution is 2.29. The predicted octanol–water partition coefficient (Wildman–Crippen LogP) is 3.72. The van der Waals surface area contributed by atoms with Crippen LogP contribution in [0.4, 0.5) is 0 Å². The number of ether oxygens (including phenoxy) is 1. The molecule has 0 atom stereocenters. The molecule has 0 radical (unpaired) electrons. The first-order chi connectivity index (χ1) is 13.0. The minimum absolute atomic E-state index is 0.535.